The number of aliphatic hydroxyl groups is 1. The first kappa shape index (κ1) is 29.2. The number of pyridine rings is 1. The van der Waals surface area contributed by atoms with Crippen molar-refractivity contribution in [2.75, 3.05) is 18.0 Å². The summed E-state index contributed by atoms with van der Waals surface area (Å²) < 4.78 is 48.4. The Morgan fingerprint density at radius 3 is 2.34 bits per heavy atom. The van der Waals surface area contributed by atoms with Gasteiger partial charge in [0.05, 0.1) is 11.7 Å². The van der Waals surface area contributed by atoms with Gasteiger partial charge in [0.15, 0.2) is 17.1 Å². The van der Waals surface area contributed by atoms with Gasteiger partial charge in [0.2, 0.25) is 0 Å². The third-order valence-electron chi connectivity index (χ3n) is 7.82. The van der Waals surface area contributed by atoms with Crippen LogP contribution in [-0.4, -0.2) is 76.1 Å². The largest absolute Gasteiger partial charge is 0.573 e. The number of β-amino-alcohol motifs (C(OH)–C–C–N with tert-alkyl or cyclic N) is 1. The summed E-state index contributed by atoms with van der Waals surface area (Å²) in [5.74, 6) is -0.725. The Kier molecular flexibility index (Phi) is 7.99. The molecule has 1 aromatic carbocycles. The van der Waals surface area contributed by atoms with E-state index in [9.17, 15) is 27.9 Å². The van der Waals surface area contributed by atoms with Gasteiger partial charge in [0.1, 0.15) is 5.82 Å². The third-order valence-corrected chi connectivity index (χ3v) is 8.06. The number of ether oxygens (including phenoxy) is 2. The molecule has 0 saturated carbocycles. The van der Waals surface area contributed by atoms with Gasteiger partial charge < -0.3 is 29.7 Å². The smallest absolute Gasteiger partial charge is 0.474 e. The molecule has 3 aliphatic rings. The van der Waals surface area contributed by atoms with Crippen LogP contribution in [0.15, 0.2) is 36.5 Å². The van der Waals surface area contributed by atoms with Gasteiger partial charge in [-0.1, -0.05) is 11.6 Å². The summed E-state index contributed by atoms with van der Waals surface area (Å²) in [6.45, 7) is 3.81. The Labute approximate surface area is 240 Å². The molecule has 222 valence electrons. The second-order valence-corrected chi connectivity index (χ2v) is 11.7. The standard InChI is InChI=1S/C28H32ClF3N4O5/c1-27(2,40-22-7-4-17(29)11-23(22)41-28(30,31)32)26(39)34-18-12-19-5-6-20(13-18)36(19)24-8-3-16(14-33-24)25(38)35-10-9-21(37)15-35/h3-4,7-8,11,14,18-21,37H,5-6,9-10,12-13,15H2,1-2H3,(H,34,39)/t18-,19+,20-,21?. The van der Waals surface area contributed by atoms with E-state index in [1.807, 2.05) is 6.07 Å². The molecule has 4 atom stereocenters. The maximum absolute atomic E-state index is 13.2. The van der Waals surface area contributed by atoms with Gasteiger partial charge in [-0.15, -0.1) is 13.2 Å². The molecule has 2 amide bonds. The van der Waals surface area contributed by atoms with Gasteiger partial charge in [0.25, 0.3) is 11.8 Å². The normalized spacial score (nSPS) is 24.4. The number of rotatable bonds is 7. The van der Waals surface area contributed by atoms with E-state index in [1.165, 1.54) is 26.0 Å². The number of halogens is 4. The minimum absolute atomic E-state index is 0.0308. The number of hydrogen-bond donors (Lipinski definition) is 2. The molecule has 0 aliphatic carbocycles. The molecule has 5 rings (SSSR count). The molecule has 1 aromatic heterocycles. The SMILES string of the molecule is CC(C)(Oc1ccc(Cl)cc1OC(F)(F)F)C(=O)N[C@H]1C[C@H]2CC[C@@H](C1)N2c1ccc(C(=O)N2CCC(O)C2)cn1. The van der Waals surface area contributed by atoms with E-state index in [2.05, 4.69) is 19.9 Å². The molecule has 0 radical (unpaired) electrons. The fourth-order valence-electron chi connectivity index (χ4n) is 5.89. The Morgan fingerprint density at radius 1 is 1.05 bits per heavy atom. The van der Waals surface area contributed by atoms with Crippen molar-refractivity contribution in [3.63, 3.8) is 0 Å². The minimum atomic E-state index is -4.95. The highest BCUT2D eigenvalue weighted by Crippen LogP contribution is 2.40. The number of nitrogens with zero attached hydrogens (tertiary/aromatic N) is 3. The summed E-state index contributed by atoms with van der Waals surface area (Å²) in [5.41, 5.74) is -1.02. The van der Waals surface area contributed by atoms with Crippen molar-refractivity contribution in [2.24, 2.45) is 0 Å². The van der Waals surface area contributed by atoms with E-state index in [1.54, 1.807) is 17.2 Å². The van der Waals surface area contributed by atoms with Crippen LogP contribution in [0.25, 0.3) is 0 Å². The Bertz CT molecular complexity index is 1280. The van der Waals surface area contributed by atoms with Crippen LogP contribution in [0.5, 0.6) is 11.5 Å². The van der Waals surface area contributed by atoms with Crippen molar-refractivity contribution in [1.29, 1.82) is 0 Å². The van der Waals surface area contributed by atoms with E-state index in [0.29, 0.717) is 37.9 Å². The number of benzene rings is 1. The van der Waals surface area contributed by atoms with Crippen molar-refractivity contribution < 1.29 is 37.3 Å². The molecule has 41 heavy (non-hydrogen) atoms. The highest BCUT2D eigenvalue weighted by molar-refractivity contribution is 6.30. The van der Waals surface area contributed by atoms with Crippen LogP contribution in [0, 0.1) is 0 Å². The molecule has 0 spiro atoms. The summed E-state index contributed by atoms with van der Waals surface area (Å²) in [4.78, 5) is 34.4. The molecule has 3 fully saturated rings. The molecule has 13 heteroatoms. The highest BCUT2D eigenvalue weighted by Gasteiger charge is 2.43. The molecular formula is C28H32ClF3N4O5. The first-order valence-electron chi connectivity index (χ1n) is 13.6. The van der Waals surface area contributed by atoms with Crippen LogP contribution in [0.3, 0.4) is 0 Å². The zero-order valence-electron chi connectivity index (χ0n) is 22.7. The number of aromatic nitrogens is 1. The lowest BCUT2D eigenvalue weighted by Crippen LogP contribution is -2.55. The summed E-state index contributed by atoms with van der Waals surface area (Å²) >= 11 is 5.83. The summed E-state index contributed by atoms with van der Waals surface area (Å²) in [6, 6.07) is 7.29. The average Bonchev–Trinajstić information content (AvgIpc) is 3.44. The van der Waals surface area contributed by atoms with Crippen LogP contribution >= 0.6 is 11.6 Å². The summed E-state index contributed by atoms with van der Waals surface area (Å²) in [7, 11) is 0. The number of carbonyl (C=O) groups excluding carboxylic acids is 2. The first-order valence-corrected chi connectivity index (χ1v) is 13.9. The van der Waals surface area contributed by atoms with Crippen molar-refractivity contribution in [3.05, 3.63) is 47.1 Å². The second kappa shape index (κ2) is 11.2. The number of hydrogen-bond acceptors (Lipinski definition) is 7. The fraction of sp³-hybridized carbons (Fsp3) is 0.536. The van der Waals surface area contributed by atoms with Crippen LogP contribution in [0.4, 0.5) is 19.0 Å². The minimum Gasteiger partial charge on any atom is -0.474 e. The van der Waals surface area contributed by atoms with Crippen LogP contribution in [-0.2, 0) is 4.79 Å². The van der Waals surface area contributed by atoms with E-state index < -0.39 is 29.7 Å². The van der Waals surface area contributed by atoms with Gasteiger partial charge in [-0.25, -0.2) is 4.98 Å². The topological polar surface area (TPSA) is 104 Å². The van der Waals surface area contributed by atoms with Gasteiger partial charge in [-0.2, -0.15) is 0 Å². The molecule has 2 bridgehead atoms. The van der Waals surface area contributed by atoms with Crippen molar-refractivity contribution >= 4 is 29.2 Å². The lowest BCUT2D eigenvalue weighted by molar-refractivity contribution is -0.275. The van der Waals surface area contributed by atoms with Crippen molar-refractivity contribution in [1.82, 2.24) is 15.2 Å². The average molecular weight is 597 g/mol. The number of likely N-dealkylation sites (tertiary alicyclic amines) is 1. The lowest BCUT2D eigenvalue weighted by atomic mass is 9.96. The summed E-state index contributed by atoms with van der Waals surface area (Å²) in [6.07, 6.45) is -0.121. The summed E-state index contributed by atoms with van der Waals surface area (Å²) in [5, 5.41) is 12.8. The Morgan fingerprint density at radius 2 is 1.76 bits per heavy atom. The predicted molar refractivity (Wildman–Crippen MR) is 144 cm³/mol. The predicted octanol–water partition coefficient (Wildman–Crippen LogP) is 4.31. The number of nitrogens with one attached hydrogen (secondary N) is 1. The van der Waals surface area contributed by atoms with E-state index in [4.69, 9.17) is 16.3 Å². The van der Waals surface area contributed by atoms with E-state index >= 15 is 0 Å². The Hall–Kier alpha value is -3.25. The second-order valence-electron chi connectivity index (χ2n) is 11.3. The first-order chi connectivity index (χ1) is 19.3. The van der Waals surface area contributed by atoms with E-state index in [-0.39, 0.29) is 34.8 Å². The van der Waals surface area contributed by atoms with Crippen molar-refractivity contribution in [3.8, 4) is 11.5 Å². The van der Waals surface area contributed by atoms with Crippen LogP contribution in [0.1, 0.15) is 56.3 Å². The zero-order chi connectivity index (χ0) is 29.5. The van der Waals surface area contributed by atoms with Gasteiger partial charge in [0, 0.05) is 48.5 Å². The third kappa shape index (κ3) is 6.64. The maximum Gasteiger partial charge on any atom is 0.573 e. The number of aliphatic hydroxyl groups excluding tert-OH is 1. The molecule has 2 aromatic rings. The fourth-order valence-corrected chi connectivity index (χ4v) is 6.06. The Balaban J connectivity index is 1.20. The monoisotopic (exact) mass is 596 g/mol. The number of carbonyl (C=O) groups is 2. The number of fused-ring (bicyclic) bond motifs is 2. The quantitative estimate of drug-likeness (QED) is 0.491. The number of amides is 2. The molecule has 3 saturated heterocycles. The molecule has 1 unspecified atom stereocenters. The van der Waals surface area contributed by atoms with Crippen molar-refractivity contribution in [2.45, 2.75) is 82.1 Å². The molecular weight excluding hydrogens is 565 g/mol. The zero-order valence-corrected chi connectivity index (χ0v) is 23.4. The molecule has 3 aliphatic heterocycles. The van der Waals surface area contributed by atoms with Gasteiger partial charge >= 0.3 is 6.36 Å². The lowest BCUT2D eigenvalue weighted by Gasteiger charge is -2.41. The van der Waals surface area contributed by atoms with Gasteiger partial charge in [-0.05, 0) is 70.2 Å². The number of piperidine rings is 1. The van der Waals surface area contributed by atoms with E-state index in [0.717, 1.165) is 24.7 Å². The molecule has 4 heterocycles. The molecule has 2 N–H and O–H groups in total. The maximum atomic E-state index is 13.2. The van der Waals surface area contributed by atoms with Gasteiger partial charge in [-0.3, -0.25) is 9.59 Å². The highest BCUT2D eigenvalue weighted by atomic mass is 35.5. The van der Waals surface area contributed by atoms with Crippen LogP contribution in [0.2, 0.25) is 5.02 Å². The number of anilines is 1. The molecule has 9 nitrogen and oxygen atoms in total. The van der Waals surface area contributed by atoms with Crippen LogP contribution < -0.4 is 19.7 Å². The number of alkyl halides is 3.